The second kappa shape index (κ2) is 38.4. The second-order valence-corrected chi connectivity index (χ2v) is 16.3. The number of carbonyl (C=O) groups is 3. The summed E-state index contributed by atoms with van der Waals surface area (Å²) in [6.45, 7) is 4.68. The quantitative estimate of drug-likeness (QED) is 0.0286. The molecule has 0 bridgehead atoms. The highest BCUT2D eigenvalue weighted by atomic mass is 16.6. The van der Waals surface area contributed by atoms with Gasteiger partial charge in [0.15, 0.2) is 12.1 Å². The zero-order valence-corrected chi connectivity index (χ0v) is 36.4. The number of quaternary nitrogens is 1. The second-order valence-electron chi connectivity index (χ2n) is 16.3. The third kappa shape index (κ3) is 36.9. The molecule has 0 aromatic rings. The van der Waals surface area contributed by atoms with Crippen molar-refractivity contribution in [3.8, 4) is 0 Å². The first-order valence-corrected chi connectivity index (χ1v) is 22.5. The van der Waals surface area contributed by atoms with Crippen molar-refractivity contribution in [2.24, 2.45) is 0 Å². The fourth-order valence-electron chi connectivity index (χ4n) is 6.46. The minimum absolute atomic E-state index is 0.0550. The fraction of sp³-hybridized carbons (Fsp3) is 0.809. The highest BCUT2D eigenvalue weighted by Crippen LogP contribution is 2.14. The van der Waals surface area contributed by atoms with Gasteiger partial charge in [0.25, 0.3) is 0 Å². The molecule has 0 radical (unpaired) electrons. The molecule has 8 heteroatoms. The number of hydrogen-bond donors (Lipinski definition) is 1. The van der Waals surface area contributed by atoms with Crippen LogP contribution in [0.25, 0.3) is 0 Å². The summed E-state index contributed by atoms with van der Waals surface area (Å²) < 4.78 is 17.3. The van der Waals surface area contributed by atoms with Crippen molar-refractivity contribution in [1.29, 1.82) is 0 Å². The van der Waals surface area contributed by atoms with Crippen LogP contribution < -0.4 is 0 Å². The lowest BCUT2D eigenvalue weighted by Crippen LogP contribution is -2.50. The third-order valence-electron chi connectivity index (χ3n) is 10.0. The van der Waals surface area contributed by atoms with Gasteiger partial charge in [-0.1, -0.05) is 147 Å². The molecule has 0 aliphatic heterocycles. The fourth-order valence-corrected chi connectivity index (χ4v) is 6.46. The van der Waals surface area contributed by atoms with E-state index in [1.807, 2.05) is 21.1 Å². The van der Waals surface area contributed by atoms with Gasteiger partial charge in [0.05, 0.1) is 34.4 Å². The van der Waals surface area contributed by atoms with Crippen LogP contribution in [0.5, 0.6) is 0 Å². The zero-order valence-electron chi connectivity index (χ0n) is 36.4. The van der Waals surface area contributed by atoms with Crippen LogP contribution in [0.3, 0.4) is 0 Å². The normalized spacial score (nSPS) is 13.3. The molecule has 55 heavy (non-hydrogen) atoms. The zero-order chi connectivity index (χ0) is 40.7. The van der Waals surface area contributed by atoms with E-state index in [1.165, 1.54) is 96.3 Å². The Morgan fingerprint density at radius 3 is 1.47 bits per heavy atom. The predicted octanol–water partition coefficient (Wildman–Crippen LogP) is 12.2. The number of carbonyl (C=O) groups excluding carboxylic acids is 2. The van der Waals surface area contributed by atoms with Gasteiger partial charge >= 0.3 is 17.9 Å². The maximum atomic E-state index is 12.7. The number of carboxylic acids is 1. The molecule has 0 rings (SSSR count). The minimum atomic E-state index is -0.878. The van der Waals surface area contributed by atoms with E-state index in [-0.39, 0.29) is 36.2 Å². The average molecular weight is 777 g/mol. The Morgan fingerprint density at radius 1 is 0.545 bits per heavy atom. The van der Waals surface area contributed by atoms with Gasteiger partial charge < -0.3 is 23.8 Å². The first-order valence-electron chi connectivity index (χ1n) is 22.5. The number of esters is 2. The topological polar surface area (TPSA) is 99.1 Å². The van der Waals surface area contributed by atoms with E-state index in [0.29, 0.717) is 19.3 Å². The van der Waals surface area contributed by atoms with Crippen LogP contribution in [-0.4, -0.2) is 80.6 Å². The molecule has 0 aliphatic carbocycles. The molecule has 8 nitrogen and oxygen atoms in total. The van der Waals surface area contributed by atoms with Crippen LogP contribution in [0, 0.1) is 0 Å². The maximum absolute atomic E-state index is 12.7. The summed E-state index contributed by atoms with van der Waals surface area (Å²) in [5.41, 5.74) is 0. The number of unbranched alkanes of at least 4 members (excludes halogenated alkanes) is 20. The van der Waals surface area contributed by atoms with E-state index in [4.69, 9.17) is 14.2 Å². The molecule has 0 aromatic carbocycles. The molecule has 0 spiro atoms. The molecular formula is C47H86NO7+. The van der Waals surface area contributed by atoms with Crippen molar-refractivity contribution in [2.45, 2.75) is 206 Å². The molecule has 2 unspecified atom stereocenters. The molecule has 0 saturated carbocycles. The van der Waals surface area contributed by atoms with Crippen LogP contribution in [0.2, 0.25) is 0 Å². The molecule has 320 valence electrons. The number of nitrogens with zero attached hydrogens (tertiary/aromatic N) is 1. The van der Waals surface area contributed by atoms with Crippen molar-refractivity contribution in [3.63, 3.8) is 0 Å². The standard InChI is InChI=1S/C47H85NO7/c1-6-8-10-12-14-16-18-20-22-23-24-26-27-29-31-33-35-37-45(49)54-42-43(41-53-40-39-44(47(51)52)48(3,4)5)55-46(50)38-36-34-32-30-28-25-21-19-17-15-13-11-9-7-2/h13,15,19-22,43-44H,6-12,14,16-18,23-42H2,1-5H3/p+1/b15-13-,21-19-,22-20-. The predicted molar refractivity (Wildman–Crippen MR) is 229 cm³/mol. The molecule has 0 fully saturated rings. The average Bonchev–Trinajstić information content (AvgIpc) is 3.14. The van der Waals surface area contributed by atoms with Gasteiger partial charge in [-0.25, -0.2) is 4.79 Å². The summed E-state index contributed by atoms with van der Waals surface area (Å²) in [7, 11) is 5.52. The van der Waals surface area contributed by atoms with Crippen LogP contribution in [-0.2, 0) is 28.6 Å². The van der Waals surface area contributed by atoms with Gasteiger partial charge in [-0.2, -0.15) is 0 Å². The highest BCUT2D eigenvalue weighted by molar-refractivity contribution is 5.72. The van der Waals surface area contributed by atoms with Crippen LogP contribution in [0.1, 0.15) is 194 Å². The van der Waals surface area contributed by atoms with Crippen LogP contribution in [0.4, 0.5) is 0 Å². The molecule has 0 amide bonds. The van der Waals surface area contributed by atoms with Crippen LogP contribution in [0.15, 0.2) is 36.5 Å². The van der Waals surface area contributed by atoms with E-state index in [0.717, 1.165) is 64.2 Å². The molecule has 0 saturated heterocycles. The van der Waals surface area contributed by atoms with E-state index in [1.54, 1.807) is 0 Å². The van der Waals surface area contributed by atoms with E-state index in [2.05, 4.69) is 50.3 Å². The summed E-state index contributed by atoms with van der Waals surface area (Å²) in [5, 5.41) is 9.62. The monoisotopic (exact) mass is 777 g/mol. The van der Waals surface area contributed by atoms with Gasteiger partial charge in [0.1, 0.15) is 6.61 Å². The Kier molecular flexibility index (Phi) is 36.7. The van der Waals surface area contributed by atoms with E-state index in [9.17, 15) is 19.5 Å². The number of likely N-dealkylation sites (N-methyl/N-ethyl adjacent to an activating group) is 1. The Hall–Kier alpha value is -2.45. The number of allylic oxidation sites excluding steroid dienone is 6. The van der Waals surface area contributed by atoms with E-state index >= 15 is 0 Å². The smallest absolute Gasteiger partial charge is 0.362 e. The van der Waals surface area contributed by atoms with Gasteiger partial charge in [-0.15, -0.1) is 0 Å². The lowest BCUT2D eigenvalue weighted by atomic mass is 10.1. The SMILES string of the molecule is CCCC/C=C\C/C=C\CCCCCCCC(=O)OC(COCCC(C(=O)O)[N+](C)(C)C)COC(=O)CCCCCCCCC/C=C\CCCCCCCC. The van der Waals surface area contributed by atoms with Crippen molar-refractivity contribution >= 4 is 17.9 Å². The van der Waals surface area contributed by atoms with Gasteiger partial charge in [0.2, 0.25) is 0 Å². The minimum Gasteiger partial charge on any atom is -0.477 e. The molecule has 1 N–H and O–H groups in total. The summed E-state index contributed by atoms with van der Waals surface area (Å²) in [4.78, 5) is 37.0. The maximum Gasteiger partial charge on any atom is 0.362 e. The van der Waals surface area contributed by atoms with Crippen LogP contribution >= 0.6 is 0 Å². The number of hydrogen-bond acceptors (Lipinski definition) is 6. The lowest BCUT2D eigenvalue weighted by molar-refractivity contribution is -0.887. The van der Waals surface area contributed by atoms with Crippen molar-refractivity contribution < 1.29 is 38.2 Å². The number of aliphatic carboxylic acids is 1. The molecule has 2 atom stereocenters. The number of rotatable bonds is 40. The summed E-state index contributed by atoms with van der Waals surface area (Å²) in [5.74, 6) is -1.49. The Morgan fingerprint density at radius 2 is 0.982 bits per heavy atom. The molecular weight excluding hydrogens is 691 g/mol. The third-order valence-corrected chi connectivity index (χ3v) is 10.0. The molecule has 0 aromatic heterocycles. The lowest BCUT2D eigenvalue weighted by Gasteiger charge is -2.31. The van der Waals surface area contributed by atoms with Gasteiger partial charge in [-0.05, 0) is 64.2 Å². The van der Waals surface area contributed by atoms with Gasteiger partial charge in [-0.3, -0.25) is 9.59 Å². The highest BCUT2D eigenvalue weighted by Gasteiger charge is 2.31. The number of carboxylic acid groups (broad SMARTS) is 1. The first-order chi connectivity index (χ1) is 26.6. The summed E-state index contributed by atoms with van der Waals surface area (Å²) >= 11 is 0. The Labute approximate surface area is 338 Å². The molecule has 0 heterocycles. The van der Waals surface area contributed by atoms with Gasteiger partial charge in [0, 0.05) is 19.3 Å². The first kappa shape index (κ1) is 52.6. The summed E-state index contributed by atoms with van der Waals surface area (Å²) in [6.07, 6.45) is 43.2. The largest absolute Gasteiger partial charge is 0.477 e. The van der Waals surface area contributed by atoms with Crippen molar-refractivity contribution in [1.82, 2.24) is 0 Å². The van der Waals surface area contributed by atoms with Crippen molar-refractivity contribution in [3.05, 3.63) is 36.5 Å². The summed E-state index contributed by atoms with van der Waals surface area (Å²) in [6, 6.07) is -0.617. The van der Waals surface area contributed by atoms with Crippen molar-refractivity contribution in [2.75, 3.05) is 41.0 Å². The number of ether oxygens (including phenoxy) is 3. The van der Waals surface area contributed by atoms with E-state index < -0.39 is 18.1 Å². The molecule has 0 aliphatic rings. The Bertz CT molecular complexity index is 1000. The Balaban J connectivity index is 4.34.